The average molecular weight is 363 g/mol. The first kappa shape index (κ1) is 18.8. The second-order valence-corrected chi connectivity index (χ2v) is 7.75. The van der Waals surface area contributed by atoms with Gasteiger partial charge in [-0.1, -0.05) is 12.1 Å². The smallest absolute Gasteiger partial charge is 0.407 e. The van der Waals surface area contributed by atoms with Gasteiger partial charge in [0.1, 0.15) is 5.60 Å². The van der Waals surface area contributed by atoms with Gasteiger partial charge >= 0.3 is 6.09 Å². The number of pyridine rings is 2. The first-order chi connectivity index (χ1) is 12.7. The number of hydrogen-bond donors (Lipinski definition) is 1. The van der Waals surface area contributed by atoms with E-state index in [-0.39, 0.29) is 0 Å². The van der Waals surface area contributed by atoms with Crippen LogP contribution >= 0.6 is 0 Å². The number of alkyl carbamates (subject to hydrolysis) is 1. The number of fused-ring (bicyclic) bond motifs is 1. The van der Waals surface area contributed by atoms with Crippen LogP contribution in [0.1, 0.15) is 37.6 Å². The summed E-state index contributed by atoms with van der Waals surface area (Å²) in [7, 11) is 0. The maximum atomic E-state index is 11.8. The van der Waals surface area contributed by atoms with Crippen molar-refractivity contribution in [3.63, 3.8) is 0 Å². The maximum Gasteiger partial charge on any atom is 0.407 e. The van der Waals surface area contributed by atoms with Crippen LogP contribution in [0, 0.1) is 13.8 Å². The van der Waals surface area contributed by atoms with E-state index in [9.17, 15) is 4.79 Å². The molecule has 0 aliphatic rings. The van der Waals surface area contributed by atoms with Crippen molar-refractivity contribution in [3.05, 3.63) is 59.5 Å². The number of hydrogen-bond acceptors (Lipinski definition) is 4. The Balaban J connectivity index is 1.81. The fourth-order valence-corrected chi connectivity index (χ4v) is 2.98. The molecule has 0 bridgehead atoms. The number of aryl methyl sites for hydroxylation is 2. The summed E-state index contributed by atoms with van der Waals surface area (Å²) in [5, 5.41) is 3.92. The van der Waals surface area contributed by atoms with Crippen molar-refractivity contribution in [3.8, 4) is 11.1 Å². The minimum Gasteiger partial charge on any atom is -0.444 e. The molecule has 5 nitrogen and oxygen atoms in total. The Morgan fingerprint density at radius 1 is 1.07 bits per heavy atom. The lowest BCUT2D eigenvalue weighted by Gasteiger charge is -2.19. The standard InChI is InChI=1S/C22H25N3O2/c1-14-8-15(2)25-20-10-17(6-7-19(14)20)18-9-16(11-23-13-18)12-24-21(26)27-22(3,4)5/h6-11,13H,12H2,1-5H3,(H,24,26). The summed E-state index contributed by atoms with van der Waals surface area (Å²) in [6, 6.07) is 10.4. The predicted molar refractivity (Wildman–Crippen MR) is 108 cm³/mol. The topological polar surface area (TPSA) is 64.1 Å². The molecule has 27 heavy (non-hydrogen) atoms. The van der Waals surface area contributed by atoms with Crippen molar-refractivity contribution in [2.45, 2.75) is 46.8 Å². The number of aromatic nitrogens is 2. The van der Waals surface area contributed by atoms with Gasteiger partial charge in [-0.2, -0.15) is 0 Å². The van der Waals surface area contributed by atoms with Gasteiger partial charge in [0.2, 0.25) is 0 Å². The molecule has 0 aliphatic carbocycles. The molecule has 0 saturated heterocycles. The van der Waals surface area contributed by atoms with E-state index < -0.39 is 11.7 Å². The molecule has 0 fully saturated rings. The third kappa shape index (κ3) is 4.82. The molecule has 0 spiro atoms. The highest BCUT2D eigenvalue weighted by Crippen LogP contribution is 2.25. The van der Waals surface area contributed by atoms with Gasteiger partial charge in [-0.3, -0.25) is 9.97 Å². The Kier molecular flexibility index (Phi) is 5.13. The summed E-state index contributed by atoms with van der Waals surface area (Å²) in [6.07, 6.45) is 3.13. The molecule has 140 valence electrons. The normalized spacial score (nSPS) is 11.4. The SMILES string of the molecule is Cc1cc(C)c2ccc(-c3cncc(CNC(=O)OC(C)(C)C)c3)cc2n1. The van der Waals surface area contributed by atoms with Crippen LogP contribution in [0.3, 0.4) is 0 Å². The molecule has 3 rings (SSSR count). The van der Waals surface area contributed by atoms with Crippen molar-refractivity contribution in [2.75, 3.05) is 0 Å². The lowest BCUT2D eigenvalue weighted by atomic mass is 10.0. The lowest BCUT2D eigenvalue weighted by Crippen LogP contribution is -2.32. The van der Waals surface area contributed by atoms with Crippen LogP contribution < -0.4 is 5.32 Å². The molecule has 1 aromatic carbocycles. The first-order valence-electron chi connectivity index (χ1n) is 9.00. The molecule has 0 saturated carbocycles. The molecule has 0 aliphatic heterocycles. The third-order valence-electron chi connectivity index (χ3n) is 4.11. The highest BCUT2D eigenvalue weighted by molar-refractivity contribution is 5.86. The average Bonchev–Trinajstić information content (AvgIpc) is 2.58. The van der Waals surface area contributed by atoms with Crippen molar-refractivity contribution in [1.29, 1.82) is 0 Å². The van der Waals surface area contributed by atoms with Gasteiger partial charge in [-0.15, -0.1) is 0 Å². The number of nitrogens with one attached hydrogen (secondary N) is 1. The molecule has 0 unspecified atom stereocenters. The molecule has 1 amide bonds. The van der Waals surface area contributed by atoms with Gasteiger partial charge in [0.05, 0.1) is 5.52 Å². The molecule has 5 heteroatoms. The number of nitrogens with zero attached hydrogens (tertiary/aromatic N) is 2. The largest absolute Gasteiger partial charge is 0.444 e. The zero-order valence-corrected chi connectivity index (χ0v) is 16.5. The Hall–Kier alpha value is -2.95. The molecule has 1 N–H and O–H groups in total. The summed E-state index contributed by atoms with van der Waals surface area (Å²) in [4.78, 5) is 20.8. The van der Waals surface area contributed by atoms with Crippen LogP contribution in [0.25, 0.3) is 22.0 Å². The minimum atomic E-state index is -0.515. The highest BCUT2D eigenvalue weighted by Gasteiger charge is 2.15. The van der Waals surface area contributed by atoms with Crippen LogP contribution in [0.15, 0.2) is 42.7 Å². The summed E-state index contributed by atoms with van der Waals surface area (Å²) in [6.45, 7) is 9.98. The summed E-state index contributed by atoms with van der Waals surface area (Å²) >= 11 is 0. The van der Waals surface area contributed by atoms with Crippen molar-refractivity contribution in [2.24, 2.45) is 0 Å². The van der Waals surface area contributed by atoms with Crippen molar-refractivity contribution in [1.82, 2.24) is 15.3 Å². The Morgan fingerprint density at radius 3 is 2.59 bits per heavy atom. The molecule has 0 atom stereocenters. The second kappa shape index (κ2) is 7.35. The fourth-order valence-electron chi connectivity index (χ4n) is 2.98. The Labute approximate surface area is 159 Å². The predicted octanol–water partition coefficient (Wildman–Crippen LogP) is 4.94. The second-order valence-electron chi connectivity index (χ2n) is 7.75. The lowest BCUT2D eigenvalue weighted by molar-refractivity contribution is 0.0523. The molecule has 3 aromatic rings. The quantitative estimate of drug-likeness (QED) is 0.716. The summed E-state index contributed by atoms with van der Waals surface area (Å²) < 4.78 is 5.27. The number of carbonyl (C=O) groups excluding carboxylic acids is 1. The third-order valence-corrected chi connectivity index (χ3v) is 4.11. The van der Waals surface area contributed by atoms with Gasteiger partial charge in [0.25, 0.3) is 0 Å². The van der Waals surface area contributed by atoms with Crippen molar-refractivity contribution < 1.29 is 9.53 Å². The highest BCUT2D eigenvalue weighted by atomic mass is 16.6. The number of ether oxygens (including phenoxy) is 1. The van der Waals surface area contributed by atoms with Crippen LogP contribution in [0.4, 0.5) is 4.79 Å². The Bertz CT molecular complexity index is 991. The molecular weight excluding hydrogens is 338 g/mol. The molecule has 2 aromatic heterocycles. The van der Waals surface area contributed by atoms with Crippen LogP contribution in [-0.2, 0) is 11.3 Å². The number of amides is 1. The van der Waals surface area contributed by atoms with Crippen LogP contribution in [0.2, 0.25) is 0 Å². The zero-order valence-electron chi connectivity index (χ0n) is 16.5. The van der Waals surface area contributed by atoms with E-state index >= 15 is 0 Å². The van der Waals surface area contributed by atoms with E-state index in [0.717, 1.165) is 33.3 Å². The molecule has 0 radical (unpaired) electrons. The van der Waals surface area contributed by atoms with E-state index in [1.807, 2.05) is 40.0 Å². The monoisotopic (exact) mass is 363 g/mol. The minimum absolute atomic E-state index is 0.361. The summed E-state index contributed by atoms with van der Waals surface area (Å²) in [5.41, 5.74) is 5.63. The zero-order chi connectivity index (χ0) is 19.6. The number of rotatable bonds is 3. The van der Waals surface area contributed by atoms with Gasteiger partial charge in [-0.05, 0) is 69.5 Å². The maximum absolute atomic E-state index is 11.8. The molecular formula is C22H25N3O2. The van der Waals surface area contributed by atoms with E-state index in [1.54, 1.807) is 6.20 Å². The van der Waals surface area contributed by atoms with Gasteiger partial charge in [0.15, 0.2) is 0 Å². The van der Waals surface area contributed by atoms with E-state index in [2.05, 4.69) is 46.5 Å². The van der Waals surface area contributed by atoms with Crippen molar-refractivity contribution >= 4 is 17.0 Å². The number of carbonyl (C=O) groups is 1. The van der Waals surface area contributed by atoms with Gasteiger partial charge < -0.3 is 10.1 Å². The molecule has 2 heterocycles. The fraction of sp³-hybridized carbons (Fsp3) is 0.318. The van der Waals surface area contributed by atoms with E-state index in [1.165, 1.54) is 5.56 Å². The Morgan fingerprint density at radius 2 is 1.85 bits per heavy atom. The first-order valence-corrected chi connectivity index (χ1v) is 9.00. The van der Waals surface area contributed by atoms with Gasteiger partial charge in [-0.25, -0.2) is 4.79 Å². The van der Waals surface area contributed by atoms with E-state index in [4.69, 9.17) is 4.74 Å². The van der Waals surface area contributed by atoms with Crippen LogP contribution in [-0.4, -0.2) is 21.7 Å². The summed E-state index contributed by atoms with van der Waals surface area (Å²) in [5.74, 6) is 0. The van der Waals surface area contributed by atoms with Gasteiger partial charge in [0, 0.05) is 35.6 Å². The van der Waals surface area contributed by atoms with Crippen LogP contribution in [0.5, 0.6) is 0 Å². The van der Waals surface area contributed by atoms with E-state index in [0.29, 0.717) is 6.54 Å². The number of benzene rings is 1.